The van der Waals surface area contributed by atoms with Crippen molar-refractivity contribution < 1.29 is 8.42 Å². The van der Waals surface area contributed by atoms with Gasteiger partial charge in [-0.05, 0) is 43.0 Å². The predicted octanol–water partition coefficient (Wildman–Crippen LogP) is 2.46. The summed E-state index contributed by atoms with van der Waals surface area (Å²) >= 11 is 0. The molecule has 2 aromatic heterocycles. The number of rotatable bonds is 5. The van der Waals surface area contributed by atoms with Crippen LogP contribution < -0.4 is 9.62 Å². The molecular formula is C20H23N5O2S. The second kappa shape index (κ2) is 7.81. The van der Waals surface area contributed by atoms with Crippen LogP contribution in [0.25, 0.3) is 22.2 Å². The number of pyridine rings is 1. The van der Waals surface area contributed by atoms with Crippen molar-refractivity contribution in [3.63, 3.8) is 0 Å². The number of fused-ring (bicyclic) bond motifs is 1. The van der Waals surface area contributed by atoms with E-state index in [1.807, 2.05) is 30.3 Å². The maximum atomic E-state index is 11.4. The van der Waals surface area contributed by atoms with Crippen LogP contribution in [0.1, 0.15) is 12.8 Å². The average molecular weight is 398 g/mol. The van der Waals surface area contributed by atoms with Crippen molar-refractivity contribution in [2.45, 2.75) is 12.8 Å². The molecule has 1 aromatic carbocycles. The molecule has 1 unspecified atom stereocenters. The Morgan fingerprint density at radius 1 is 1.18 bits per heavy atom. The summed E-state index contributed by atoms with van der Waals surface area (Å²) in [6, 6.07) is 12.0. The first-order valence-electron chi connectivity index (χ1n) is 9.35. The quantitative estimate of drug-likeness (QED) is 0.712. The Morgan fingerprint density at radius 3 is 2.86 bits per heavy atom. The molecule has 1 N–H and O–H groups in total. The van der Waals surface area contributed by atoms with Crippen molar-refractivity contribution in [2.24, 2.45) is 5.92 Å². The molecule has 1 fully saturated rings. The monoisotopic (exact) mass is 397 g/mol. The van der Waals surface area contributed by atoms with Gasteiger partial charge in [0, 0.05) is 36.8 Å². The van der Waals surface area contributed by atoms with Gasteiger partial charge in [-0.3, -0.25) is 4.98 Å². The van der Waals surface area contributed by atoms with E-state index in [1.54, 1.807) is 12.5 Å². The van der Waals surface area contributed by atoms with Gasteiger partial charge in [0.05, 0.1) is 17.5 Å². The fourth-order valence-corrected chi connectivity index (χ4v) is 4.22. The first kappa shape index (κ1) is 18.8. The van der Waals surface area contributed by atoms with E-state index >= 15 is 0 Å². The van der Waals surface area contributed by atoms with Gasteiger partial charge in [-0.15, -0.1) is 0 Å². The number of anilines is 1. The Morgan fingerprint density at radius 2 is 2.07 bits per heavy atom. The number of nitrogens with zero attached hydrogens (tertiary/aromatic N) is 4. The van der Waals surface area contributed by atoms with E-state index in [1.165, 1.54) is 6.26 Å². The number of benzene rings is 1. The fraction of sp³-hybridized carbons (Fsp3) is 0.350. The molecule has 0 spiro atoms. The number of hydrogen-bond acceptors (Lipinski definition) is 6. The maximum absolute atomic E-state index is 11.4. The number of nitrogens with one attached hydrogen (secondary N) is 1. The zero-order chi connectivity index (χ0) is 19.6. The molecule has 28 heavy (non-hydrogen) atoms. The number of aromatic nitrogens is 3. The van der Waals surface area contributed by atoms with Gasteiger partial charge in [0.15, 0.2) is 0 Å². The summed E-state index contributed by atoms with van der Waals surface area (Å²) in [7, 11) is -3.18. The highest BCUT2D eigenvalue weighted by Crippen LogP contribution is 2.30. The fourth-order valence-electron chi connectivity index (χ4n) is 3.68. The van der Waals surface area contributed by atoms with Crippen molar-refractivity contribution in [1.82, 2.24) is 19.7 Å². The van der Waals surface area contributed by atoms with Gasteiger partial charge >= 0.3 is 0 Å². The van der Waals surface area contributed by atoms with Gasteiger partial charge < -0.3 is 4.90 Å². The van der Waals surface area contributed by atoms with Crippen molar-refractivity contribution in [3.8, 4) is 11.3 Å². The number of hydrogen-bond donors (Lipinski definition) is 1. The normalized spacial score (nSPS) is 17.8. The molecule has 146 valence electrons. The minimum atomic E-state index is -3.18. The molecule has 3 heterocycles. The summed E-state index contributed by atoms with van der Waals surface area (Å²) in [6.45, 7) is 2.12. The third-order valence-electron chi connectivity index (χ3n) is 5.03. The molecule has 0 saturated carbocycles. The molecule has 1 atom stereocenters. The molecule has 7 nitrogen and oxygen atoms in total. The Bertz CT molecular complexity index is 1070. The largest absolute Gasteiger partial charge is 0.356 e. The smallest absolute Gasteiger partial charge is 0.208 e. The molecule has 0 amide bonds. The number of piperidine rings is 1. The number of sulfonamides is 1. The first-order chi connectivity index (χ1) is 13.5. The van der Waals surface area contributed by atoms with E-state index in [2.05, 4.69) is 30.6 Å². The van der Waals surface area contributed by atoms with Crippen LogP contribution in [0.15, 0.2) is 48.9 Å². The summed E-state index contributed by atoms with van der Waals surface area (Å²) in [6.07, 6.45) is 6.58. The highest BCUT2D eigenvalue weighted by Gasteiger charge is 2.23. The molecule has 1 aliphatic heterocycles. The summed E-state index contributed by atoms with van der Waals surface area (Å²) < 4.78 is 25.5. The summed E-state index contributed by atoms with van der Waals surface area (Å²) in [4.78, 5) is 15.7. The Hall–Kier alpha value is -2.58. The molecule has 8 heteroatoms. The highest BCUT2D eigenvalue weighted by atomic mass is 32.2. The summed E-state index contributed by atoms with van der Waals surface area (Å²) in [5.41, 5.74) is 2.82. The lowest BCUT2D eigenvalue weighted by Gasteiger charge is -2.34. The van der Waals surface area contributed by atoms with Crippen molar-refractivity contribution in [2.75, 3.05) is 30.8 Å². The van der Waals surface area contributed by atoms with Crippen LogP contribution in [0, 0.1) is 5.92 Å². The highest BCUT2D eigenvalue weighted by molar-refractivity contribution is 7.88. The Balaban J connectivity index is 1.64. The van der Waals surface area contributed by atoms with Crippen LogP contribution in [0.5, 0.6) is 0 Å². The van der Waals surface area contributed by atoms with E-state index in [0.29, 0.717) is 6.54 Å². The van der Waals surface area contributed by atoms with Gasteiger partial charge in [-0.1, -0.05) is 12.1 Å². The molecule has 3 aromatic rings. The van der Waals surface area contributed by atoms with Crippen LogP contribution in [0.2, 0.25) is 0 Å². The SMILES string of the molecule is CS(=O)(=O)NCC1CCCN(c2ncnc3ccc(-c4ccccn4)cc23)C1. The summed E-state index contributed by atoms with van der Waals surface area (Å²) in [5.74, 6) is 1.15. The molecule has 1 saturated heterocycles. The van der Waals surface area contributed by atoms with Crippen LogP contribution in [-0.2, 0) is 10.0 Å². The predicted molar refractivity (Wildman–Crippen MR) is 111 cm³/mol. The third kappa shape index (κ3) is 4.28. The van der Waals surface area contributed by atoms with E-state index in [9.17, 15) is 8.42 Å². The first-order valence-corrected chi connectivity index (χ1v) is 11.2. The topological polar surface area (TPSA) is 88.1 Å². The van der Waals surface area contributed by atoms with Crippen LogP contribution in [0.3, 0.4) is 0 Å². The molecule has 1 aliphatic rings. The minimum absolute atomic E-state index is 0.257. The molecule has 0 radical (unpaired) electrons. The molecule has 4 rings (SSSR count). The minimum Gasteiger partial charge on any atom is -0.356 e. The zero-order valence-corrected chi connectivity index (χ0v) is 16.6. The maximum Gasteiger partial charge on any atom is 0.208 e. The van der Waals surface area contributed by atoms with E-state index in [4.69, 9.17) is 0 Å². The van der Waals surface area contributed by atoms with Gasteiger partial charge in [0.2, 0.25) is 10.0 Å². The molecular weight excluding hydrogens is 374 g/mol. The lowest BCUT2D eigenvalue weighted by molar-refractivity contribution is 0.410. The van der Waals surface area contributed by atoms with Crippen LogP contribution >= 0.6 is 0 Å². The standard InChI is InChI=1S/C20H23N5O2S/c1-28(26,27)24-12-15-5-4-10-25(13-15)20-17-11-16(18-6-2-3-9-21-18)7-8-19(17)22-14-23-20/h2-3,6-9,11,14-15,24H,4-5,10,12-13H2,1H3. The van der Waals surface area contributed by atoms with E-state index < -0.39 is 10.0 Å². The average Bonchev–Trinajstić information content (AvgIpc) is 2.72. The van der Waals surface area contributed by atoms with Crippen molar-refractivity contribution >= 4 is 26.7 Å². The Kier molecular flexibility index (Phi) is 5.23. The van der Waals surface area contributed by atoms with Crippen LogP contribution in [-0.4, -0.2) is 49.3 Å². The van der Waals surface area contributed by atoms with Crippen molar-refractivity contribution in [1.29, 1.82) is 0 Å². The zero-order valence-electron chi connectivity index (χ0n) is 15.7. The second-order valence-electron chi connectivity index (χ2n) is 7.22. The lowest BCUT2D eigenvalue weighted by atomic mass is 9.98. The molecule has 0 aliphatic carbocycles. The lowest BCUT2D eigenvalue weighted by Crippen LogP contribution is -2.41. The van der Waals surface area contributed by atoms with E-state index in [-0.39, 0.29) is 5.92 Å². The van der Waals surface area contributed by atoms with Gasteiger partial charge in [-0.25, -0.2) is 23.1 Å². The molecule has 0 bridgehead atoms. The van der Waals surface area contributed by atoms with Gasteiger partial charge in [-0.2, -0.15) is 0 Å². The van der Waals surface area contributed by atoms with Gasteiger partial charge in [0.25, 0.3) is 0 Å². The van der Waals surface area contributed by atoms with E-state index in [0.717, 1.165) is 53.9 Å². The Labute approximate surface area is 164 Å². The van der Waals surface area contributed by atoms with Crippen LogP contribution in [0.4, 0.5) is 5.82 Å². The third-order valence-corrected chi connectivity index (χ3v) is 5.72. The van der Waals surface area contributed by atoms with Crippen molar-refractivity contribution in [3.05, 3.63) is 48.9 Å². The summed E-state index contributed by atoms with van der Waals surface area (Å²) in [5, 5.41) is 0.988. The van der Waals surface area contributed by atoms with Gasteiger partial charge in [0.1, 0.15) is 12.1 Å². The second-order valence-corrected chi connectivity index (χ2v) is 9.05.